The van der Waals surface area contributed by atoms with E-state index in [1.807, 2.05) is 34.6 Å². The molecule has 1 aliphatic heterocycles. The SMILES string of the molecule is CCOC(=O)CC1CCN(C(=O)CCC(=O)N(CC(C)(C)C)c2c(OCC(C)(C)CO)cc(Cl)cc2[C@H](O)c2ccccc2OC)CC1. The molecule has 1 saturated heterocycles. The number of carbonyl (C=O) groups excluding carboxylic acids is 3. The van der Waals surface area contributed by atoms with Crippen LogP contribution in [0.1, 0.15) is 90.9 Å². The molecule has 2 aromatic carbocycles. The Hall–Kier alpha value is -3.34. The lowest BCUT2D eigenvalue weighted by molar-refractivity contribution is -0.144. The van der Waals surface area contributed by atoms with Gasteiger partial charge >= 0.3 is 5.97 Å². The highest BCUT2D eigenvalue weighted by Crippen LogP contribution is 2.44. The third-order valence-corrected chi connectivity index (χ3v) is 8.55. The molecule has 0 aliphatic carbocycles. The fraction of sp³-hybridized carbons (Fsp3) is 0.595. The first kappa shape index (κ1) is 39.1. The van der Waals surface area contributed by atoms with E-state index in [4.69, 9.17) is 25.8 Å². The largest absolute Gasteiger partial charge is 0.496 e. The summed E-state index contributed by atoms with van der Waals surface area (Å²) in [6.45, 7) is 13.1. The van der Waals surface area contributed by atoms with Crippen LogP contribution in [0.25, 0.3) is 0 Å². The molecule has 0 radical (unpaired) electrons. The number of nitrogens with zero attached hydrogens (tertiary/aromatic N) is 2. The first-order chi connectivity index (χ1) is 22.6. The Kier molecular flexibility index (Phi) is 14.1. The highest BCUT2D eigenvalue weighted by molar-refractivity contribution is 6.31. The predicted octanol–water partition coefficient (Wildman–Crippen LogP) is 6.18. The first-order valence-corrected chi connectivity index (χ1v) is 17.1. The number of benzene rings is 2. The molecule has 1 aliphatic rings. The van der Waals surface area contributed by atoms with Gasteiger partial charge in [0.05, 0.1) is 32.6 Å². The van der Waals surface area contributed by atoms with Gasteiger partial charge in [-0.2, -0.15) is 0 Å². The lowest BCUT2D eigenvalue weighted by Gasteiger charge is -2.35. The van der Waals surface area contributed by atoms with Crippen molar-refractivity contribution < 1.29 is 38.8 Å². The van der Waals surface area contributed by atoms with Crippen molar-refractivity contribution in [2.75, 3.05) is 51.5 Å². The minimum Gasteiger partial charge on any atom is -0.496 e. The average Bonchev–Trinajstić information content (AvgIpc) is 3.04. The highest BCUT2D eigenvalue weighted by atomic mass is 35.5. The van der Waals surface area contributed by atoms with E-state index in [1.54, 1.807) is 53.1 Å². The number of anilines is 1. The van der Waals surface area contributed by atoms with Crippen molar-refractivity contribution in [1.29, 1.82) is 0 Å². The van der Waals surface area contributed by atoms with Crippen molar-refractivity contribution in [3.05, 3.63) is 52.5 Å². The summed E-state index contributed by atoms with van der Waals surface area (Å²) in [5, 5.41) is 22.1. The number of likely N-dealkylation sites (tertiary alicyclic amines) is 1. The van der Waals surface area contributed by atoms with Crippen LogP contribution < -0.4 is 14.4 Å². The van der Waals surface area contributed by atoms with Gasteiger partial charge in [0.15, 0.2) is 0 Å². The molecule has 266 valence electrons. The average molecular weight is 689 g/mol. The van der Waals surface area contributed by atoms with Crippen LogP contribution in [0.3, 0.4) is 0 Å². The third-order valence-electron chi connectivity index (χ3n) is 8.33. The fourth-order valence-electron chi connectivity index (χ4n) is 5.70. The molecule has 0 spiro atoms. The van der Waals surface area contributed by atoms with Crippen molar-refractivity contribution in [2.45, 2.75) is 79.8 Å². The van der Waals surface area contributed by atoms with E-state index < -0.39 is 11.5 Å². The van der Waals surface area contributed by atoms with Crippen LogP contribution in [-0.4, -0.2) is 79.5 Å². The second kappa shape index (κ2) is 17.4. The molecule has 2 N–H and O–H groups in total. The number of esters is 1. The van der Waals surface area contributed by atoms with Gasteiger partial charge in [0.25, 0.3) is 0 Å². The zero-order valence-electron chi connectivity index (χ0n) is 29.5. The molecule has 1 atom stereocenters. The van der Waals surface area contributed by atoms with E-state index in [-0.39, 0.29) is 67.5 Å². The van der Waals surface area contributed by atoms with Gasteiger partial charge in [0.2, 0.25) is 11.8 Å². The van der Waals surface area contributed by atoms with Gasteiger partial charge in [0, 0.05) is 66.5 Å². The number of amides is 2. The van der Waals surface area contributed by atoms with E-state index in [1.165, 1.54) is 7.11 Å². The summed E-state index contributed by atoms with van der Waals surface area (Å²) in [5.41, 5.74) is 0.190. The van der Waals surface area contributed by atoms with E-state index in [9.17, 15) is 24.6 Å². The fourth-order valence-corrected chi connectivity index (χ4v) is 5.91. The van der Waals surface area contributed by atoms with Gasteiger partial charge in [-0.25, -0.2) is 0 Å². The molecule has 10 nitrogen and oxygen atoms in total. The number of para-hydroxylation sites is 1. The molecule has 48 heavy (non-hydrogen) atoms. The van der Waals surface area contributed by atoms with Crippen LogP contribution in [0.5, 0.6) is 11.5 Å². The standard InChI is InChI=1S/C37H53ClN2O8/c1-8-47-33(44)19-25-15-17-39(18-16-25)31(42)13-14-32(43)40(22-36(2,3)4)34-28(35(45)27-11-9-10-12-29(27)46-7)20-26(38)21-30(34)48-24-37(5,6)23-41/h9-12,20-21,25,35,41,45H,8,13-19,22-24H2,1-7H3/t35-/m1/s1. The number of piperidine rings is 1. The van der Waals surface area contributed by atoms with Gasteiger partial charge in [-0.1, -0.05) is 64.4 Å². The maximum absolute atomic E-state index is 14.2. The molecule has 0 saturated carbocycles. The lowest BCUT2D eigenvalue weighted by atomic mass is 9.92. The first-order valence-electron chi connectivity index (χ1n) is 16.7. The van der Waals surface area contributed by atoms with Crippen molar-refractivity contribution in [3.63, 3.8) is 0 Å². The predicted molar refractivity (Wildman–Crippen MR) is 186 cm³/mol. The van der Waals surface area contributed by atoms with E-state index in [0.717, 1.165) is 0 Å². The number of hydrogen-bond donors (Lipinski definition) is 2. The highest BCUT2D eigenvalue weighted by Gasteiger charge is 2.33. The van der Waals surface area contributed by atoms with Gasteiger partial charge in [-0.15, -0.1) is 0 Å². The van der Waals surface area contributed by atoms with Crippen LogP contribution in [0.4, 0.5) is 5.69 Å². The van der Waals surface area contributed by atoms with Gasteiger partial charge < -0.3 is 34.2 Å². The summed E-state index contributed by atoms with van der Waals surface area (Å²) in [7, 11) is 1.52. The normalized spacial score (nSPS) is 14.8. The van der Waals surface area contributed by atoms with E-state index in [2.05, 4.69) is 0 Å². The van der Waals surface area contributed by atoms with Crippen molar-refractivity contribution in [3.8, 4) is 11.5 Å². The van der Waals surface area contributed by atoms with Gasteiger partial charge in [-0.05, 0) is 43.2 Å². The molecule has 11 heteroatoms. The second-order valence-corrected chi connectivity index (χ2v) is 14.9. The minimum atomic E-state index is -1.24. The Bertz CT molecular complexity index is 1400. The summed E-state index contributed by atoms with van der Waals surface area (Å²) in [6.07, 6.45) is 0.457. The van der Waals surface area contributed by atoms with Crippen LogP contribution in [0.2, 0.25) is 5.02 Å². The summed E-state index contributed by atoms with van der Waals surface area (Å²) < 4.78 is 16.9. The number of rotatable bonds is 15. The number of ether oxygens (including phenoxy) is 3. The molecule has 1 fully saturated rings. The van der Waals surface area contributed by atoms with Gasteiger partial charge in [0.1, 0.15) is 17.6 Å². The molecule has 2 aromatic rings. The number of aliphatic hydroxyl groups is 2. The molecule has 3 rings (SSSR count). The molecule has 2 amide bonds. The topological polar surface area (TPSA) is 126 Å². The molecule has 0 bridgehead atoms. The van der Waals surface area contributed by atoms with Crippen molar-refractivity contribution in [2.24, 2.45) is 16.7 Å². The second-order valence-electron chi connectivity index (χ2n) is 14.5. The molecular weight excluding hydrogens is 636 g/mol. The summed E-state index contributed by atoms with van der Waals surface area (Å²) >= 11 is 6.62. The number of aliphatic hydroxyl groups excluding tert-OH is 2. The molecule has 0 unspecified atom stereocenters. The summed E-state index contributed by atoms with van der Waals surface area (Å²) in [6, 6.07) is 10.3. The monoisotopic (exact) mass is 688 g/mol. The quantitative estimate of drug-likeness (QED) is 0.213. The minimum absolute atomic E-state index is 0.00768. The Labute approximate surface area is 290 Å². The van der Waals surface area contributed by atoms with Crippen LogP contribution in [0, 0.1) is 16.7 Å². The van der Waals surface area contributed by atoms with Crippen molar-refractivity contribution in [1.82, 2.24) is 4.90 Å². The van der Waals surface area contributed by atoms with Gasteiger partial charge in [-0.3, -0.25) is 14.4 Å². The summed E-state index contributed by atoms with van der Waals surface area (Å²) in [4.78, 5) is 42.8. The Morgan fingerprint density at radius 3 is 2.29 bits per heavy atom. The Morgan fingerprint density at radius 2 is 1.69 bits per heavy atom. The number of hydrogen-bond acceptors (Lipinski definition) is 8. The number of methoxy groups -OCH3 is 1. The summed E-state index contributed by atoms with van der Waals surface area (Å²) in [5.74, 6) is 0.264. The maximum Gasteiger partial charge on any atom is 0.306 e. The number of halogens is 1. The maximum atomic E-state index is 14.2. The zero-order chi connectivity index (χ0) is 35.6. The van der Waals surface area contributed by atoms with Crippen LogP contribution in [0.15, 0.2) is 36.4 Å². The van der Waals surface area contributed by atoms with E-state index in [0.29, 0.717) is 66.5 Å². The molecule has 1 heterocycles. The number of carbonyl (C=O) groups is 3. The van der Waals surface area contributed by atoms with Crippen LogP contribution in [-0.2, 0) is 19.1 Å². The van der Waals surface area contributed by atoms with Crippen LogP contribution >= 0.6 is 11.6 Å². The zero-order valence-corrected chi connectivity index (χ0v) is 30.3. The van der Waals surface area contributed by atoms with Crippen molar-refractivity contribution >= 4 is 35.1 Å². The Balaban J connectivity index is 1.96. The van der Waals surface area contributed by atoms with E-state index >= 15 is 0 Å². The Morgan fingerprint density at radius 1 is 1.02 bits per heavy atom. The lowest BCUT2D eigenvalue weighted by Crippen LogP contribution is -2.41. The smallest absolute Gasteiger partial charge is 0.306 e. The molecular formula is C37H53ClN2O8. The molecule has 0 aromatic heterocycles. The third kappa shape index (κ3) is 11.1.